The summed E-state index contributed by atoms with van der Waals surface area (Å²) >= 11 is 2.80. The van der Waals surface area contributed by atoms with Gasteiger partial charge in [-0.2, -0.15) is 0 Å². The molecule has 1 rings (SSSR count). The summed E-state index contributed by atoms with van der Waals surface area (Å²) in [5.74, 6) is 0.694. The highest BCUT2D eigenvalue weighted by Gasteiger charge is 1.93. The van der Waals surface area contributed by atoms with Gasteiger partial charge in [0.2, 0.25) is 0 Å². The summed E-state index contributed by atoms with van der Waals surface area (Å²) in [6.07, 6.45) is 9.33. The molecule has 1 heterocycles. The number of nitrogens with zero attached hydrogens (tertiary/aromatic N) is 2. The van der Waals surface area contributed by atoms with Gasteiger partial charge in [0.15, 0.2) is 10.3 Å². The SMILES string of the molecule is CSc1ncc(C=CCSC(C)=O)cn1. The van der Waals surface area contributed by atoms with E-state index < -0.39 is 0 Å². The fourth-order valence-electron chi connectivity index (χ4n) is 0.867. The van der Waals surface area contributed by atoms with E-state index in [-0.39, 0.29) is 5.12 Å². The first-order chi connectivity index (χ1) is 7.22. The molecule has 0 aliphatic rings. The van der Waals surface area contributed by atoms with Crippen LogP contribution in [-0.2, 0) is 4.79 Å². The summed E-state index contributed by atoms with van der Waals surface area (Å²) in [6.45, 7) is 1.56. The normalized spacial score (nSPS) is 10.8. The average Bonchev–Trinajstić information content (AvgIpc) is 2.25. The van der Waals surface area contributed by atoms with Crippen LogP contribution < -0.4 is 0 Å². The number of rotatable bonds is 4. The molecule has 0 saturated carbocycles. The van der Waals surface area contributed by atoms with E-state index in [4.69, 9.17) is 0 Å². The zero-order valence-corrected chi connectivity index (χ0v) is 10.3. The highest BCUT2D eigenvalue weighted by molar-refractivity contribution is 8.13. The van der Waals surface area contributed by atoms with Crippen molar-refractivity contribution in [1.29, 1.82) is 0 Å². The van der Waals surface area contributed by atoms with Crippen LogP contribution in [0.25, 0.3) is 6.08 Å². The molecule has 0 aromatic carbocycles. The van der Waals surface area contributed by atoms with Crippen molar-refractivity contribution in [1.82, 2.24) is 9.97 Å². The van der Waals surface area contributed by atoms with Crippen LogP contribution >= 0.6 is 23.5 Å². The fourth-order valence-corrected chi connectivity index (χ4v) is 1.61. The van der Waals surface area contributed by atoms with Gasteiger partial charge in [0, 0.05) is 30.6 Å². The smallest absolute Gasteiger partial charge is 0.187 e. The summed E-state index contributed by atoms with van der Waals surface area (Å²) in [5.41, 5.74) is 0.956. The molecule has 0 spiro atoms. The molecule has 1 aromatic rings. The Morgan fingerprint density at radius 1 is 1.47 bits per heavy atom. The second kappa shape index (κ2) is 6.63. The molecule has 1 aromatic heterocycles. The van der Waals surface area contributed by atoms with Crippen LogP contribution in [0, 0.1) is 0 Å². The number of hydrogen-bond acceptors (Lipinski definition) is 5. The van der Waals surface area contributed by atoms with Crippen molar-refractivity contribution in [3.63, 3.8) is 0 Å². The molecule has 15 heavy (non-hydrogen) atoms. The van der Waals surface area contributed by atoms with E-state index >= 15 is 0 Å². The highest BCUT2D eigenvalue weighted by atomic mass is 32.2. The molecule has 0 atom stereocenters. The lowest BCUT2D eigenvalue weighted by Gasteiger charge is -1.94. The zero-order chi connectivity index (χ0) is 11.1. The van der Waals surface area contributed by atoms with E-state index in [9.17, 15) is 4.79 Å². The topological polar surface area (TPSA) is 42.9 Å². The Labute approximate surface area is 97.8 Å². The van der Waals surface area contributed by atoms with Gasteiger partial charge in [-0.3, -0.25) is 4.79 Å². The minimum Gasteiger partial charge on any atom is -0.288 e. The first kappa shape index (κ1) is 12.3. The molecule has 3 nitrogen and oxygen atoms in total. The standard InChI is InChI=1S/C10H12N2OS2/c1-8(13)15-5-3-4-9-6-11-10(14-2)12-7-9/h3-4,6-7H,5H2,1-2H3. The summed E-state index contributed by atoms with van der Waals surface area (Å²) in [4.78, 5) is 18.9. The maximum absolute atomic E-state index is 10.6. The summed E-state index contributed by atoms with van der Waals surface area (Å²) in [7, 11) is 0. The Bertz CT molecular complexity index is 349. The van der Waals surface area contributed by atoms with E-state index in [0.29, 0.717) is 5.75 Å². The lowest BCUT2D eigenvalue weighted by molar-refractivity contribution is -0.109. The Morgan fingerprint density at radius 3 is 2.67 bits per heavy atom. The van der Waals surface area contributed by atoms with E-state index in [1.54, 1.807) is 19.3 Å². The van der Waals surface area contributed by atoms with Crippen LogP contribution in [0.3, 0.4) is 0 Å². The number of hydrogen-bond donors (Lipinski definition) is 0. The van der Waals surface area contributed by atoms with Crippen LogP contribution in [-0.4, -0.2) is 27.1 Å². The molecule has 0 N–H and O–H groups in total. The van der Waals surface area contributed by atoms with E-state index in [2.05, 4.69) is 9.97 Å². The van der Waals surface area contributed by atoms with Crippen molar-refractivity contribution >= 4 is 34.7 Å². The van der Waals surface area contributed by atoms with E-state index in [0.717, 1.165) is 10.7 Å². The van der Waals surface area contributed by atoms with Crippen molar-refractivity contribution in [3.05, 3.63) is 24.0 Å². The van der Waals surface area contributed by atoms with Gasteiger partial charge in [-0.1, -0.05) is 35.7 Å². The molecule has 80 valence electrons. The Balaban J connectivity index is 2.46. The first-order valence-electron chi connectivity index (χ1n) is 4.38. The van der Waals surface area contributed by atoms with Gasteiger partial charge in [-0.05, 0) is 6.26 Å². The van der Waals surface area contributed by atoms with Crippen molar-refractivity contribution < 1.29 is 4.79 Å². The van der Waals surface area contributed by atoms with Gasteiger partial charge in [-0.15, -0.1) is 0 Å². The average molecular weight is 240 g/mol. The van der Waals surface area contributed by atoms with Crippen molar-refractivity contribution in [2.24, 2.45) is 0 Å². The first-order valence-corrected chi connectivity index (χ1v) is 6.59. The Hall–Kier alpha value is -0.810. The third kappa shape index (κ3) is 4.99. The zero-order valence-electron chi connectivity index (χ0n) is 8.64. The number of carbonyl (C=O) groups is 1. The predicted octanol–water partition coefficient (Wildman–Crippen LogP) is 2.49. The van der Waals surface area contributed by atoms with Crippen molar-refractivity contribution in [2.75, 3.05) is 12.0 Å². The quantitative estimate of drug-likeness (QED) is 0.597. The molecule has 5 heteroatoms. The van der Waals surface area contributed by atoms with Gasteiger partial charge in [0.25, 0.3) is 0 Å². The summed E-state index contributed by atoms with van der Waals surface area (Å²) < 4.78 is 0. The van der Waals surface area contributed by atoms with Gasteiger partial charge < -0.3 is 0 Å². The van der Waals surface area contributed by atoms with Crippen LogP contribution in [0.1, 0.15) is 12.5 Å². The molecule has 0 bridgehead atoms. The third-order valence-corrected chi connectivity index (χ3v) is 2.87. The van der Waals surface area contributed by atoms with E-state index in [1.807, 2.05) is 18.4 Å². The Kier molecular flexibility index (Phi) is 5.42. The number of aromatic nitrogens is 2. The molecular formula is C10H12N2OS2. The minimum absolute atomic E-state index is 0.133. The second-order valence-electron chi connectivity index (χ2n) is 2.71. The number of thioether (sulfide) groups is 2. The predicted molar refractivity (Wildman–Crippen MR) is 66.0 cm³/mol. The fraction of sp³-hybridized carbons (Fsp3) is 0.300. The lowest BCUT2D eigenvalue weighted by atomic mass is 10.3. The molecule has 0 aliphatic heterocycles. The van der Waals surface area contributed by atoms with Gasteiger partial charge in [0.05, 0.1) is 0 Å². The largest absolute Gasteiger partial charge is 0.288 e. The molecule has 0 fully saturated rings. The number of carbonyl (C=O) groups excluding carboxylic acids is 1. The van der Waals surface area contributed by atoms with Crippen LogP contribution in [0.2, 0.25) is 0 Å². The van der Waals surface area contributed by atoms with Crippen molar-refractivity contribution in [2.45, 2.75) is 12.1 Å². The van der Waals surface area contributed by atoms with Gasteiger partial charge in [-0.25, -0.2) is 9.97 Å². The van der Waals surface area contributed by atoms with Crippen LogP contribution in [0.4, 0.5) is 0 Å². The summed E-state index contributed by atoms with van der Waals surface area (Å²) in [6, 6.07) is 0. The third-order valence-electron chi connectivity index (χ3n) is 1.52. The summed E-state index contributed by atoms with van der Waals surface area (Å²) in [5, 5.41) is 0.902. The molecule has 0 amide bonds. The Morgan fingerprint density at radius 2 is 2.13 bits per heavy atom. The van der Waals surface area contributed by atoms with Crippen LogP contribution in [0.15, 0.2) is 23.6 Å². The molecule has 0 unspecified atom stereocenters. The second-order valence-corrected chi connectivity index (χ2v) is 4.68. The van der Waals surface area contributed by atoms with Crippen LogP contribution in [0.5, 0.6) is 0 Å². The molecule has 0 aliphatic carbocycles. The minimum atomic E-state index is 0.133. The molecule has 0 saturated heterocycles. The maximum Gasteiger partial charge on any atom is 0.187 e. The van der Waals surface area contributed by atoms with Crippen molar-refractivity contribution in [3.8, 4) is 0 Å². The maximum atomic E-state index is 10.6. The monoisotopic (exact) mass is 240 g/mol. The van der Waals surface area contributed by atoms with E-state index in [1.165, 1.54) is 23.5 Å². The van der Waals surface area contributed by atoms with Gasteiger partial charge in [0.1, 0.15) is 0 Å². The lowest BCUT2D eigenvalue weighted by Crippen LogP contribution is -1.86. The molecular weight excluding hydrogens is 228 g/mol. The molecule has 0 radical (unpaired) electrons. The van der Waals surface area contributed by atoms with Gasteiger partial charge >= 0.3 is 0 Å². The highest BCUT2D eigenvalue weighted by Crippen LogP contribution is 2.08.